The Hall–Kier alpha value is -2.38. The Morgan fingerprint density at radius 1 is 1.39 bits per heavy atom. The number of carbonyl (C=O) groups excluding carboxylic acids is 1. The smallest absolute Gasteiger partial charge is 0.329 e. The Morgan fingerprint density at radius 3 is 2.83 bits per heavy atom. The van der Waals surface area contributed by atoms with Gasteiger partial charge in [-0.3, -0.25) is 4.79 Å². The lowest BCUT2D eigenvalue weighted by atomic mass is 10.1. The van der Waals surface area contributed by atoms with E-state index in [1.54, 1.807) is 31.2 Å². The Balaban J connectivity index is 2.08. The molecule has 0 radical (unpaired) electrons. The van der Waals surface area contributed by atoms with E-state index in [9.17, 15) is 9.59 Å². The van der Waals surface area contributed by atoms with Crippen LogP contribution in [0.2, 0.25) is 5.02 Å². The SMILES string of the molecule is Cc1onc(-c2ccccc2Cl)c1C(=O)NCCOCC(=O)O. The molecule has 1 aromatic carbocycles. The lowest BCUT2D eigenvalue weighted by Crippen LogP contribution is -2.28. The zero-order valence-electron chi connectivity index (χ0n) is 12.3. The third-order valence-electron chi connectivity index (χ3n) is 2.98. The van der Waals surface area contributed by atoms with Gasteiger partial charge >= 0.3 is 5.97 Å². The molecule has 2 aromatic rings. The molecule has 2 N–H and O–H groups in total. The number of carboxylic acid groups (broad SMARTS) is 1. The summed E-state index contributed by atoms with van der Waals surface area (Å²) in [6.45, 7) is 1.47. The summed E-state index contributed by atoms with van der Waals surface area (Å²) in [5.41, 5.74) is 1.24. The van der Waals surface area contributed by atoms with Crippen LogP contribution in [0.3, 0.4) is 0 Å². The number of aromatic nitrogens is 1. The van der Waals surface area contributed by atoms with Gasteiger partial charge in [-0.05, 0) is 13.0 Å². The van der Waals surface area contributed by atoms with E-state index in [1.165, 1.54) is 0 Å². The number of hydrogen-bond acceptors (Lipinski definition) is 5. The summed E-state index contributed by atoms with van der Waals surface area (Å²) in [6.07, 6.45) is 0. The van der Waals surface area contributed by atoms with Gasteiger partial charge in [0, 0.05) is 12.1 Å². The van der Waals surface area contributed by atoms with Crippen LogP contribution < -0.4 is 5.32 Å². The first-order valence-electron chi connectivity index (χ1n) is 6.79. The number of amides is 1. The number of rotatable bonds is 7. The van der Waals surface area contributed by atoms with E-state index in [-0.39, 0.29) is 18.7 Å². The van der Waals surface area contributed by atoms with Crippen molar-refractivity contribution in [1.82, 2.24) is 10.5 Å². The van der Waals surface area contributed by atoms with Crippen LogP contribution in [0.5, 0.6) is 0 Å². The van der Waals surface area contributed by atoms with Crippen LogP contribution in [0.25, 0.3) is 11.3 Å². The normalized spacial score (nSPS) is 10.5. The number of aliphatic carboxylic acids is 1. The number of halogens is 1. The van der Waals surface area contributed by atoms with E-state index in [2.05, 4.69) is 10.5 Å². The van der Waals surface area contributed by atoms with Gasteiger partial charge in [0.1, 0.15) is 23.6 Å². The van der Waals surface area contributed by atoms with Gasteiger partial charge in [0.15, 0.2) is 0 Å². The lowest BCUT2D eigenvalue weighted by Gasteiger charge is -2.06. The number of nitrogens with one attached hydrogen (secondary N) is 1. The van der Waals surface area contributed by atoms with Crippen molar-refractivity contribution in [2.75, 3.05) is 19.8 Å². The van der Waals surface area contributed by atoms with Crippen molar-refractivity contribution in [1.29, 1.82) is 0 Å². The summed E-state index contributed by atoms with van der Waals surface area (Å²) in [7, 11) is 0. The number of benzene rings is 1. The fourth-order valence-electron chi connectivity index (χ4n) is 1.96. The molecule has 7 nitrogen and oxygen atoms in total. The van der Waals surface area contributed by atoms with Gasteiger partial charge in [-0.15, -0.1) is 0 Å². The van der Waals surface area contributed by atoms with Crippen molar-refractivity contribution in [2.45, 2.75) is 6.92 Å². The van der Waals surface area contributed by atoms with Gasteiger partial charge in [0.25, 0.3) is 5.91 Å². The minimum Gasteiger partial charge on any atom is -0.480 e. The van der Waals surface area contributed by atoms with Crippen molar-refractivity contribution >= 4 is 23.5 Å². The number of carboxylic acids is 1. The molecule has 0 fully saturated rings. The van der Waals surface area contributed by atoms with E-state index < -0.39 is 18.5 Å². The van der Waals surface area contributed by atoms with Gasteiger partial charge in [-0.25, -0.2) is 4.79 Å². The largest absolute Gasteiger partial charge is 0.480 e. The van der Waals surface area contributed by atoms with Crippen molar-refractivity contribution in [3.05, 3.63) is 40.6 Å². The van der Waals surface area contributed by atoms with Crippen LogP contribution in [0.15, 0.2) is 28.8 Å². The molecule has 0 atom stereocenters. The van der Waals surface area contributed by atoms with Gasteiger partial charge in [-0.2, -0.15) is 0 Å². The van der Waals surface area contributed by atoms with E-state index in [4.69, 9.17) is 26.0 Å². The highest BCUT2D eigenvalue weighted by Gasteiger charge is 2.22. The molecule has 2 rings (SSSR count). The second kappa shape index (κ2) is 7.75. The maximum Gasteiger partial charge on any atom is 0.329 e. The number of aryl methyl sites for hydroxylation is 1. The number of ether oxygens (including phenoxy) is 1. The van der Waals surface area contributed by atoms with Crippen molar-refractivity contribution < 1.29 is 24.0 Å². The molecule has 0 saturated carbocycles. The molecule has 1 amide bonds. The Bertz CT molecular complexity index is 714. The summed E-state index contributed by atoms with van der Waals surface area (Å²) in [5.74, 6) is -1.09. The highest BCUT2D eigenvalue weighted by molar-refractivity contribution is 6.33. The lowest BCUT2D eigenvalue weighted by molar-refractivity contribution is -0.142. The maximum atomic E-state index is 12.3. The first-order chi connectivity index (χ1) is 11.0. The van der Waals surface area contributed by atoms with Gasteiger partial charge in [0.05, 0.1) is 11.6 Å². The minimum atomic E-state index is -1.06. The van der Waals surface area contributed by atoms with Crippen LogP contribution in [0.1, 0.15) is 16.1 Å². The zero-order valence-corrected chi connectivity index (χ0v) is 13.1. The van der Waals surface area contributed by atoms with Crippen molar-refractivity contribution in [3.8, 4) is 11.3 Å². The summed E-state index contributed by atoms with van der Waals surface area (Å²) < 4.78 is 9.96. The molecule has 0 aliphatic carbocycles. The van der Waals surface area contributed by atoms with Gasteiger partial charge < -0.3 is 19.7 Å². The second-order valence-corrected chi connectivity index (χ2v) is 5.05. The van der Waals surface area contributed by atoms with E-state index in [1.807, 2.05) is 0 Å². The molecule has 1 aromatic heterocycles. The molecular formula is C15H15ClN2O5. The Kier molecular flexibility index (Phi) is 5.72. The summed E-state index contributed by atoms with van der Waals surface area (Å²) in [5, 5.41) is 15.4. The monoisotopic (exact) mass is 338 g/mol. The molecule has 122 valence electrons. The molecule has 0 spiro atoms. The molecule has 1 heterocycles. The van der Waals surface area contributed by atoms with Crippen LogP contribution in [-0.2, 0) is 9.53 Å². The number of carbonyl (C=O) groups is 2. The van der Waals surface area contributed by atoms with Crippen LogP contribution in [0.4, 0.5) is 0 Å². The summed E-state index contributed by atoms with van der Waals surface area (Å²) in [4.78, 5) is 22.6. The van der Waals surface area contributed by atoms with E-state index in [0.717, 1.165) is 0 Å². The topological polar surface area (TPSA) is 102 Å². The predicted octanol–water partition coefficient (Wildman–Crippen LogP) is 2.13. The first-order valence-corrected chi connectivity index (χ1v) is 7.17. The third-order valence-corrected chi connectivity index (χ3v) is 3.31. The number of nitrogens with zero attached hydrogens (tertiary/aromatic N) is 1. The second-order valence-electron chi connectivity index (χ2n) is 4.64. The molecule has 0 unspecified atom stereocenters. The highest BCUT2D eigenvalue weighted by atomic mass is 35.5. The van der Waals surface area contributed by atoms with Crippen LogP contribution in [-0.4, -0.2) is 41.9 Å². The standard InChI is InChI=1S/C15H15ClN2O5/c1-9-13(15(21)17-6-7-22-8-12(19)20)14(18-23-9)10-4-2-3-5-11(10)16/h2-5H,6-8H2,1H3,(H,17,21)(H,19,20). The number of hydrogen-bond donors (Lipinski definition) is 2. The third kappa shape index (κ3) is 4.30. The predicted molar refractivity (Wildman–Crippen MR) is 82.5 cm³/mol. The molecule has 0 bridgehead atoms. The Morgan fingerprint density at radius 2 is 2.13 bits per heavy atom. The van der Waals surface area contributed by atoms with Crippen molar-refractivity contribution in [2.24, 2.45) is 0 Å². The molecule has 23 heavy (non-hydrogen) atoms. The summed E-state index contributed by atoms with van der Waals surface area (Å²) in [6, 6.07) is 7.00. The molecule has 8 heteroatoms. The highest BCUT2D eigenvalue weighted by Crippen LogP contribution is 2.30. The van der Waals surface area contributed by atoms with Gasteiger partial charge in [-0.1, -0.05) is 35.0 Å². The zero-order chi connectivity index (χ0) is 16.8. The average Bonchev–Trinajstić information content (AvgIpc) is 2.88. The van der Waals surface area contributed by atoms with Crippen LogP contribution >= 0.6 is 11.6 Å². The fourth-order valence-corrected chi connectivity index (χ4v) is 2.19. The molecule has 0 aliphatic heterocycles. The van der Waals surface area contributed by atoms with Crippen molar-refractivity contribution in [3.63, 3.8) is 0 Å². The van der Waals surface area contributed by atoms with E-state index in [0.29, 0.717) is 22.0 Å². The quantitative estimate of drug-likeness (QED) is 0.750. The Labute approximate surface area is 137 Å². The first kappa shape index (κ1) is 17.0. The maximum absolute atomic E-state index is 12.3. The average molecular weight is 339 g/mol. The summed E-state index contributed by atoms with van der Waals surface area (Å²) >= 11 is 6.13. The minimum absolute atomic E-state index is 0.0871. The molecule has 0 aliphatic rings. The molecular weight excluding hydrogens is 324 g/mol. The van der Waals surface area contributed by atoms with Crippen LogP contribution in [0, 0.1) is 6.92 Å². The van der Waals surface area contributed by atoms with E-state index >= 15 is 0 Å². The van der Waals surface area contributed by atoms with Gasteiger partial charge in [0.2, 0.25) is 0 Å². The fraction of sp³-hybridized carbons (Fsp3) is 0.267. The molecule has 0 saturated heterocycles.